The average molecular weight is 285 g/mol. The van der Waals surface area contributed by atoms with Gasteiger partial charge in [-0.2, -0.15) is 0 Å². The van der Waals surface area contributed by atoms with E-state index < -0.39 is 0 Å². The van der Waals surface area contributed by atoms with E-state index in [0.717, 1.165) is 18.4 Å². The van der Waals surface area contributed by atoms with Gasteiger partial charge < -0.3 is 4.98 Å². The monoisotopic (exact) mass is 285 g/mol. The number of rotatable bonds is 3. The summed E-state index contributed by atoms with van der Waals surface area (Å²) < 4.78 is 0. The van der Waals surface area contributed by atoms with E-state index in [4.69, 9.17) is 0 Å². The predicted molar refractivity (Wildman–Crippen MR) is 81.1 cm³/mol. The van der Waals surface area contributed by atoms with E-state index in [0.29, 0.717) is 42.4 Å². The second-order valence-corrected chi connectivity index (χ2v) is 5.71. The highest BCUT2D eigenvalue weighted by Gasteiger charge is 2.22. The molecule has 1 aliphatic carbocycles. The summed E-state index contributed by atoms with van der Waals surface area (Å²) in [4.78, 5) is 32.9. The van der Waals surface area contributed by atoms with E-state index in [2.05, 4.69) is 14.9 Å². The van der Waals surface area contributed by atoms with Crippen molar-refractivity contribution < 1.29 is 4.79 Å². The molecule has 0 atom stereocenters. The van der Waals surface area contributed by atoms with E-state index >= 15 is 0 Å². The Bertz CT molecular complexity index is 713. The minimum atomic E-state index is -0.0946. The lowest BCUT2D eigenvalue weighted by Crippen LogP contribution is -2.35. The molecule has 0 bridgehead atoms. The number of aromatic nitrogens is 2. The highest BCUT2D eigenvalue weighted by atomic mass is 16.1. The molecule has 5 nitrogen and oxygen atoms in total. The maximum Gasteiger partial charge on any atom is 0.258 e. The molecule has 5 heteroatoms. The molecule has 1 aliphatic rings. The van der Waals surface area contributed by atoms with Gasteiger partial charge in [0.05, 0.1) is 17.4 Å². The molecule has 110 valence electrons. The van der Waals surface area contributed by atoms with Gasteiger partial charge in [-0.15, -0.1) is 0 Å². The minimum Gasteiger partial charge on any atom is -0.309 e. The van der Waals surface area contributed by atoms with Crippen LogP contribution in [0.2, 0.25) is 0 Å². The first-order valence-electron chi connectivity index (χ1n) is 7.33. The standard InChI is InChI=1S/C16H19N3O2/c1-19(11-6-8-12(20)9-7-11)10-15-17-14-5-3-2-4-13(14)16(21)18-15/h2-5,11H,6-10H2,1H3,(H,17,18,21). The molecule has 0 saturated heterocycles. The number of para-hydroxylation sites is 1. The summed E-state index contributed by atoms with van der Waals surface area (Å²) in [6, 6.07) is 7.74. The zero-order valence-corrected chi connectivity index (χ0v) is 12.1. The van der Waals surface area contributed by atoms with Crippen molar-refractivity contribution in [2.45, 2.75) is 38.3 Å². The van der Waals surface area contributed by atoms with Crippen LogP contribution in [0.5, 0.6) is 0 Å². The maximum absolute atomic E-state index is 12.0. The van der Waals surface area contributed by atoms with Gasteiger partial charge in [-0.05, 0) is 32.0 Å². The van der Waals surface area contributed by atoms with Gasteiger partial charge in [0.2, 0.25) is 0 Å². The summed E-state index contributed by atoms with van der Waals surface area (Å²) in [6.07, 6.45) is 3.12. The Kier molecular flexibility index (Phi) is 3.84. The van der Waals surface area contributed by atoms with Gasteiger partial charge in [-0.3, -0.25) is 14.5 Å². The first kappa shape index (κ1) is 13.9. The molecule has 0 amide bonds. The van der Waals surface area contributed by atoms with Crippen molar-refractivity contribution in [1.82, 2.24) is 14.9 Å². The number of ketones is 1. The number of H-pyrrole nitrogens is 1. The highest BCUT2D eigenvalue weighted by Crippen LogP contribution is 2.20. The number of Topliss-reactive ketones (excluding diaryl/α,β-unsaturated/α-hetero) is 1. The lowest BCUT2D eigenvalue weighted by atomic mass is 9.93. The van der Waals surface area contributed by atoms with Gasteiger partial charge in [0.25, 0.3) is 5.56 Å². The number of carbonyl (C=O) groups is 1. The van der Waals surface area contributed by atoms with E-state index in [1.54, 1.807) is 6.07 Å². The van der Waals surface area contributed by atoms with E-state index in [-0.39, 0.29) is 5.56 Å². The average Bonchev–Trinajstić information content (AvgIpc) is 2.48. The van der Waals surface area contributed by atoms with Crippen molar-refractivity contribution in [2.24, 2.45) is 0 Å². The molecule has 1 aromatic heterocycles. The molecular weight excluding hydrogens is 266 g/mol. The Morgan fingerprint density at radius 3 is 2.71 bits per heavy atom. The van der Waals surface area contributed by atoms with Crippen LogP contribution in [0.15, 0.2) is 29.1 Å². The van der Waals surface area contributed by atoms with Crippen molar-refractivity contribution in [2.75, 3.05) is 7.05 Å². The maximum atomic E-state index is 12.0. The van der Waals surface area contributed by atoms with Crippen LogP contribution in [0.1, 0.15) is 31.5 Å². The highest BCUT2D eigenvalue weighted by molar-refractivity contribution is 5.79. The summed E-state index contributed by atoms with van der Waals surface area (Å²) in [5, 5.41) is 0.618. The summed E-state index contributed by atoms with van der Waals surface area (Å²) in [5.41, 5.74) is 0.631. The van der Waals surface area contributed by atoms with E-state index in [1.165, 1.54) is 0 Å². The van der Waals surface area contributed by atoms with Crippen LogP contribution < -0.4 is 5.56 Å². The Morgan fingerprint density at radius 1 is 1.24 bits per heavy atom. The van der Waals surface area contributed by atoms with E-state index in [1.807, 2.05) is 25.2 Å². The molecule has 0 radical (unpaired) electrons. The first-order chi connectivity index (χ1) is 10.1. The number of benzene rings is 1. The Labute approximate surface area is 123 Å². The summed E-state index contributed by atoms with van der Waals surface area (Å²) in [6.45, 7) is 0.596. The van der Waals surface area contributed by atoms with Crippen LogP contribution in [0.25, 0.3) is 10.9 Å². The summed E-state index contributed by atoms with van der Waals surface area (Å²) in [7, 11) is 2.02. The lowest BCUT2D eigenvalue weighted by molar-refractivity contribution is -0.121. The Hall–Kier alpha value is -2.01. The second-order valence-electron chi connectivity index (χ2n) is 5.71. The number of fused-ring (bicyclic) bond motifs is 1. The SMILES string of the molecule is CN(Cc1nc2ccccc2c(=O)[nH]1)C1CCC(=O)CC1. The predicted octanol–water partition coefficient (Wildman–Crippen LogP) is 1.87. The fourth-order valence-corrected chi connectivity index (χ4v) is 2.94. The number of hydrogen-bond acceptors (Lipinski definition) is 4. The molecule has 1 fully saturated rings. The normalized spacial score (nSPS) is 16.8. The molecule has 1 heterocycles. The topological polar surface area (TPSA) is 66.1 Å². The molecular formula is C16H19N3O2. The van der Waals surface area contributed by atoms with Crippen molar-refractivity contribution in [3.63, 3.8) is 0 Å². The smallest absolute Gasteiger partial charge is 0.258 e. The van der Waals surface area contributed by atoms with Crippen LogP contribution in [-0.2, 0) is 11.3 Å². The number of carbonyl (C=O) groups excluding carboxylic acids is 1. The number of nitrogens with one attached hydrogen (secondary N) is 1. The number of aromatic amines is 1. The van der Waals surface area contributed by atoms with Crippen molar-refractivity contribution in [3.8, 4) is 0 Å². The largest absolute Gasteiger partial charge is 0.309 e. The van der Waals surface area contributed by atoms with Crippen LogP contribution in [-0.4, -0.2) is 33.7 Å². The van der Waals surface area contributed by atoms with E-state index in [9.17, 15) is 9.59 Å². The molecule has 1 saturated carbocycles. The van der Waals surface area contributed by atoms with Crippen molar-refractivity contribution in [1.29, 1.82) is 0 Å². The number of hydrogen-bond donors (Lipinski definition) is 1. The molecule has 1 aromatic carbocycles. The second kappa shape index (κ2) is 5.77. The van der Waals surface area contributed by atoms with Gasteiger partial charge in [0, 0.05) is 18.9 Å². The Morgan fingerprint density at radius 2 is 1.95 bits per heavy atom. The van der Waals surface area contributed by atoms with Gasteiger partial charge in [-0.1, -0.05) is 12.1 Å². The third-order valence-corrected chi connectivity index (χ3v) is 4.20. The molecule has 1 N–H and O–H groups in total. The number of nitrogens with zero attached hydrogens (tertiary/aromatic N) is 2. The molecule has 0 unspecified atom stereocenters. The van der Waals surface area contributed by atoms with Gasteiger partial charge in [-0.25, -0.2) is 4.98 Å². The third kappa shape index (κ3) is 3.03. The van der Waals surface area contributed by atoms with Crippen LogP contribution >= 0.6 is 0 Å². The fraction of sp³-hybridized carbons (Fsp3) is 0.438. The molecule has 21 heavy (non-hydrogen) atoms. The van der Waals surface area contributed by atoms with Crippen LogP contribution in [0.4, 0.5) is 0 Å². The van der Waals surface area contributed by atoms with Crippen molar-refractivity contribution in [3.05, 3.63) is 40.4 Å². The minimum absolute atomic E-state index is 0.0946. The Balaban J connectivity index is 1.78. The quantitative estimate of drug-likeness (QED) is 0.935. The fourth-order valence-electron chi connectivity index (χ4n) is 2.94. The zero-order chi connectivity index (χ0) is 14.8. The molecule has 0 aliphatic heterocycles. The molecule has 2 aromatic rings. The first-order valence-corrected chi connectivity index (χ1v) is 7.33. The summed E-state index contributed by atoms with van der Waals surface area (Å²) in [5.74, 6) is 1.04. The summed E-state index contributed by atoms with van der Waals surface area (Å²) >= 11 is 0. The van der Waals surface area contributed by atoms with Gasteiger partial charge >= 0.3 is 0 Å². The molecule has 3 rings (SSSR count). The van der Waals surface area contributed by atoms with Crippen LogP contribution in [0, 0.1) is 0 Å². The molecule has 0 spiro atoms. The van der Waals surface area contributed by atoms with Crippen molar-refractivity contribution >= 4 is 16.7 Å². The zero-order valence-electron chi connectivity index (χ0n) is 12.1. The lowest BCUT2D eigenvalue weighted by Gasteiger charge is -2.30. The third-order valence-electron chi connectivity index (χ3n) is 4.20. The van der Waals surface area contributed by atoms with Crippen LogP contribution in [0.3, 0.4) is 0 Å². The van der Waals surface area contributed by atoms with Gasteiger partial charge in [0.1, 0.15) is 11.6 Å². The van der Waals surface area contributed by atoms with Gasteiger partial charge in [0.15, 0.2) is 0 Å².